The monoisotopic (exact) mass is 268 g/mol. The molecule has 0 aliphatic carbocycles. The Morgan fingerprint density at radius 3 is 0.846 bits per heavy atom. The van der Waals surface area contributed by atoms with Gasteiger partial charge in [0.25, 0.3) is 0 Å². The summed E-state index contributed by atoms with van der Waals surface area (Å²) in [5.41, 5.74) is 0. The van der Waals surface area contributed by atoms with Gasteiger partial charge in [0.2, 0.25) is 10.4 Å². The summed E-state index contributed by atoms with van der Waals surface area (Å²) in [6.45, 7) is 0. The molecule has 0 radical (unpaired) electrons. The summed E-state index contributed by atoms with van der Waals surface area (Å²) in [7, 11) is -9.58. The Kier molecular flexibility index (Phi) is 25.6. The fraction of sp³-hybridized carbons (Fsp3) is 0. The molecule has 0 rings (SSSR count). The number of rotatable bonds is 0. The second-order valence-electron chi connectivity index (χ2n) is 0.876. The van der Waals surface area contributed by atoms with E-state index in [9.17, 15) is 0 Å². The molecule has 13 heteroatoms. The minimum atomic E-state index is -4.92. The van der Waals surface area contributed by atoms with E-state index < -0.39 is 20.8 Å². The van der Waals surface area contributed by atoms with E-state index in [-0.39, 0.29) is 63.7 Å². The third-order valence-corrected chi connectivity index (χ3v) is 0. The molecule has 10 nitrogen and oxygen atoms in total. The Hall–Kier alpha value is 1.30. The van der Waals surface area contributed by atoms with Gasteiger partial charge in [-0.1, -0.05) is 0 Å². The quantitative estimate of drug-likeness (QED) is 0.161. The van der Waals surface area contributed by atoms with Crippen molar-refractivity contribution >= 4 is 20.8 Å². The smallest absolute Gasteiger partial charge is 0.726 e. The van der Waals surface area contributed by atoms with Crippen molar-refractivity contribution in [1.29, 1.82) is 0 Å². The van der Waals surface area contributed by atoms with Gasteiger partial charge in [-0.25, -0.2) is 8.42 Å². The molecule has 0 unspecified atom stereocenters. The van der Waals surface area contributed by atoms with Crippen LogP contribution in [0.15, 0.2) is 0 Å². The van der Waals surface area contributed by atoms with Gasteiger partial charge in [-0.15, -0.1) is 0 Å². The van der Waals surface area contributed by atoms with E-state index in [4.69, 9.17) is 35.0 Å². The minimum Gasteiger partial charge on any atom is -0.726 e. The zero-order valence-electron chi connectivity index (χ0n) is 6.61. The molecule has 0 aromatic rings. The molecule has 13 heavy (non-hydrogen) atoms. The van der Waals surface area contributed by atoms with Crippen LogP contribution in [0.4, 0.5) is 0 Å². The van der Waals surface area contributed by atoms with E-state index in [1.807, 2.05) is 0 Å². The number of hydrogen-bond acceptors (Lipinski definition) is 7. The molecule has 0 aromatic heterocycles. The molecular weight excluding hydrogens is 259 g/mol. The van der Waals surface area contributed by atoms with Crippen LogP contribution in [0.5, 0.6) is 0 Å². The van der Waals surface area contributed by atoms with Crippen molar-refractivity contribution in [2.24, 2.45) is 0 Å². The first kappa shape index (κ1) is 29.2. The summed E-state index contributed by atoms with van der Waals surface area (Å²) in [5, 5.41) is 0. The van der Waals surface area contributed by atoms with E-state index in [1.165, 1.54) is 0 Å². The van der Waals surface area contributed by atoms with Gasteiger partial charge in [0.15, 0.2) is 0 Å². The third kappa shape index (κ3) is 1010. The molecular formula is H9KN2O8S2. The predicted octanol–water partition coefficient (Wildman–Crippen LogP) is -4.32. The van der Waals surface area contributed by atoms with Crippen molar-refractivity contribution in [3.63, 3.8) is 0 Å². The molecule has 0 spiro atoms. The van der Waals surface area contributed by atoms with Crippen LogP contribution in [0, 0.1) is 0 Å². The van der Waals surface area contributed by atoms with Crippen LogP contribution >= 0.6 is 0 Å². The summed E-state index contributed by atoms with van der Waals surface area (Å²) < 4.78 is 64.4. The maximum absolute atomic E-state index is 8.74. The molecule has 9 N–H and O–H groups in total. The molecule has 0 fully saturated rings. The summed E-state index contributed by atoms with van der Waals surface area (Å²) in [5.74, 6) is 0. The van der Waals surface area contributed by atoms with Crippen LogP contribution in [0.2, 0.25) is 0 Å². The second-order valence-corrected chi connectivity index (χ2v) is 2.63. The van der Waals surface area contributed by atoms with Crippen LogP contribution in [-0.4, -0.2) is 35.0 Å². The van der Waals surface area contributed by atoms with Gasteiger partial charge < -0.3 is 16.9 Å². The van der Waals surface area contributed by atoms with Crippen molar-refractivity contribution in [2.75, 3.05) is 0 Å². The zero-order chi connectivity index (χ0) is 9.00. The van der Waals surface area contributed by atoms with Crippen molar-refractivity contribution in [3.8, 4) is 0 Å². The first-order chi connectivity index (χ1) is 4.00. The predicted molar refractivity (Wildman–Crippen MR) is 36.5 cm³/mol. The minimum absolute atomic E-state index is 0. The average molecular weight is 268 g/mol. The first-order valence-corrected chi connectivity index (χ1v) is 4.14. The first-order valence-electron chi connectivity index (χ1n) is 1.38. The standard InChI is InChI=1S/K.2H3N.2H2O4S/c;;;2*1-5(2,3)4/h;2*1H3;2*(H2,1,2,3,4)/q+1;;;;/p-1. The largest absolute Gasteiger partial charge is 1.00 e. The van der Waals surface area contributed by atoms with Crippen molar-refractivity contribution in [2.45, 2.75) is 0 Å². The number of hydrogen-bond donors (Lipinski definition) is 5. The second kappa shape index (κ2) is 11.4. The molecule has 0 atom stereocenters. The van der Waals surface area contributed by atoms with Crippen LogP contribution in [0.25, 0.3) is 0 Å². The molecule has 0 bridgehead atoms. The van der Waals surface area contributed by atoms with Gasteiger partial charge in [0.1, 0.15) is 0 Å². The van der Waals surface area contributed by atoms with E-state index in [2.05, 4.69) is 0 Å². The average Bonchev–Trinajstić information content (AvgIpc) is 1.12. The molecule has 0 heterocycles. The van der Waals surface area contributed by atoms with Crippen molar-refractivity contribution in [3.05, 3.63) is 0 Å². The molecule has 80 valence electrons. The molecule has 0 aliphatic heterocycles. The molecule has 0 saturated carbocycles. The normalized spacial score (nSPS) is 8.92. The summed E-state index contributed by atoms with van der Waals surface area (Å²) in [6, 6.07) is 0. The summed E-state index contributed by atoms with van der Waals surface area (Å²) >= 11 is 0. The zero-order valence-corrected chi connectivity index (χ0v) is 11.4. The SMILES string of the molecule is N.N.O=S(=O)(O)O.O=S(=O)([O-])O.[K+]. The van der Waals surface area contributed by atoms with Gasteiger partial charge in [-0.2, -0.15) is 8.42 Å². The van der Waals surface area contributed by atoms with Crippen molar-refractivity contribution < 1.29 is 86.4 Å². The van der Waals surface area contributed by atoms with Crippen LogP contribution in [-0.2, 0) is 20.8 Å². The van der Waals surface area contributed by atoms with Gasteiger partial charge >= 0.3 is 61.8 Å². The van der Waals surface area contributed by atoms with E-state index in [0.717, 1.165) is 0 Å². The molecule has 0 amide bonds. The molecule has 0 saturated heterocycles. The van der Waals surface area contributed by atoms with Gasteiger partial charge in [-0.3, -0.25) is 13.7 Å². The van der Waals surface area contributed by atoms with Crippen LogP contribution < -0.4 is 63.7 Å². The Morgan fingerprint density at radius 1 is 0.846 bits per heavy atom. The molecule has 0 aromatic carbocycles. The Bertz CT molecular complexity index is 217. The maximum Gasteiger partial charge on any atom is 1.00 e. The Balaban J connectivity index is -0.0000000267. The van der Waals surface area contributed by atoms with Gasteiger partial charge in [0, 0.05) is 0 Å². The third-order valence-electron chi connectivity index (χ3n) is 0. The topological polar surface area (TPSA) is 222 Å². The van der Waals surface area contributed by atoms with Crippen molar-refractivity contribution in [1.82, 2.24) is 12.3 Å². The fourth-order valence-corrected chi connectivity index (χ4v) is 0. The van der Waals surface area contributed by atoms with Gasteiger partial charge in [-0.05, 0) is 0 Å². The van der Waals surface area contributed by atoms with E-state index in [0.29, 0.717) is 0 Å². The van der Waals surface area contributed by atoms with Crippen LogP contribution in [0.1, 0.15) is 0 Å². The molecule has 0 aliphatic rings. The summed E-state index contributed by atoms with van der Waals surface area (Å²) in [6.07, 6.45) is 0. The van der Waals surface area contributed by atoms with E-state index in [1.54, 1.807) is 0 Å². The summed E-state index contributed by atoms with van der Waals surface area (Å²) in [4.78, 5) is 0. The van der Waals surface area contributed by atoms with E-state index >= 15 is 0 Å². The Labute approximate surface area is 118 Å². The van der Waals surface area contributed by atoms with Gasteiger partial charge in [0.05, 0.1) is 0 Å². The maximum atomic E-state index is 8.74. The Morgan fingerprint density at radius 2 is 0.846 bits per heavy atom. The fourth-order valence-electron chi connectivity index (χ4n) is 0. The van der Waals surface area contributed by atoms with Crippen LogP contribution in [0.3, 0.4) is 0 Å².